The number of amides is 1. The third-order valence-corrected chi connectivity index (χ3v) is 5.90. The first kappa shape index (κ1) is 22.7. The summed E-state index contributed by atoms with van der Waals surface area (Å²) in [4.78, 5) is 17.3. The molecular weight excluding hydrogens is 456 g/mol. The van der Waals surface area contributed by atoms with Crippen molar-refractivity contribution in [3.8, 4) is 17.0 Å². The maximum absolute atomic E-state index is 14.0. The number of aromatic nitrogens is 3. The van der Waals surface area contributed by atoms with Crippen LogP contribution in [0.1, 0.15) is 23.2 Å². The second-order valence-corrected chi connectivity index (χ2v) is 8.19. The van der Waals surface area contributed by atoms with Crippen molar-refractivity contribution >= 4 is 28.4 Å². The molecular formula is C25H23F2N5O3. The quantitative estimate of drug-likeness (QED) is 0.375. The topological polar surface area (TPSA) is 101 Å². The number of carbonyl (C=O) groups excluding carboxylic acids is 1. The van der Waals surface area contributed by atoms with Crippen molar-refractivity contribution in [3.63, 3.8) is 0 Å². The molecule has 10 heteroatoms. The molecule has 1 aliphatic rings. The van der Waals surface area contributed by atoms with Crippen LogP contribution in [0, 0.1) is 11.6 Å². The molecule has 2 aromatic heterocycles. The van der Waals surface area contributed by atoms with E-state index in [1.807, 2.05) is 0 Å². The van der Waals surface area contributed by atoms with Gasteiger partial charge in [0.2, 0.25) is 0 Å². The normalized spacial score (nSPS) is 14.1. The lowest BCUT2D eigenvalue weighted by atomic mass is 10.0. The monoisotopic (exact) mass is 479 g/mol. The second kappa shape index (κ2) is 9.67. The largest absolute Gasteiger partial charge is 0.496 e. The Morgan fingerprint density at radius 1 is 1.11 bits per heavy atom. The maximum atomic E-state index is 14.0. The standard InChI is InChI=1S/C25H23F2N5O3/c1-34-21-6-2-14(25(33)28-16-8-10-35-11-9-16)12-18(21)23-17-4-7-22(30-24(17)32-31-23)29-20-5-3-15(26)13-19(20)27/h2-7,12-13,16H,8-11H2,1H3,(H,28,33)(H2,29,30,31,32). The van der Waals surface area contributed by atoms with E-state index >= 15 is 0 Å². The summed E-state index contributed by atoms with van der Waals surface area (Å²) < 4.78 is 38.1. The molecule has 3 heterocycles. The first-order valence-corrected chi connectivity index (χ1v) is 11.2. The fourth-order valence-corrected chi connectivity index (χ4v) is 4.06. The van der Waals surface area contributed by atoms with Gasteiger partial charge in [0.25, 0.3) is 5.91 Å². The Morgan fingerprint density at radius 3 is 2.71 bits per heavy atom. The summed E-state index contributed by atoms with van der Waals surface area (Å²) in [7, 11) is 1.55. The lowest BCUT2D eigenvalue weighted by Gasteiger charge is -2.23. The van der Waals surface area contributed by atoms with E-state index in [1.165, 1.54) is 6.07 Å². The molecule has 1 amide bonds. The molecule has 1 aliphatic heterocycles. The van der Waals surface area contributed by atoms with E-state index in [0.29, 0.717) is 52.6 Å². The highest BCUT2D eigenvalue weighted by Gasteiger charge is 2.20. The lowest BCUT2D eigenvalue weighted by Crippen LogP contribution is -2.38. The van der Waals surface area contributed by atoms with Gasteiger partial charge < -0.3 is 20.1 Å². The highest BCUT2D eigenvalue weighted by molar-refractivity contribution is 5.99. The van der Waals surface area contributed by atoms with Gasteiger partial charge >= 0.3 is 0 Å². The van der Waals surface area contributed by atoms with Gasteiger partial charge in [0.05, 0.1) is 18.5 Å². The zero-order chi connectivity index (χ0) is 24.4. The number of hydrogen-bond acceptors (Lipinski definition) is 6. The smallest absolute Gasteiger partial charge is 0.251 e. The lowest BCUT2D eigenvalue weighted by molar-refractivity contribution is 0.0696. The van der Waals surface area contributed by atoms with Gasteiger partial charge in [0.15, 0.2) is 5.65 Å². The Kier molecular flexibility index (Phi) is 6.28. The molecule has 0 spiro atoms. The predicted octanol–water partition coefficient (Wildman–Crippen LogP) is 4.56. The number of rotatable bonds is 6. The molecule has 1 saturated heterocycles. The molecule has 0 atom stereocenters. The minimum atomic E-state index is -0.727. The minimum absolute atomic E-state index is 0.0795. The number of anilines is 2. The molecule has 1 fully saturated rings. The van der Waals surface area contributed by atoms with E-state index < -0.39 is 11.6 Å². The highest BCUT2D eigenvalue weighted by Crippen LogP contribution is 2.34. The van der Waals surface area contributed by atoms with Gasteiger partial charge in [-0.1, -0.05) is 0 Å². The Morgan fingerprint density at radius 2 is 1.94 bits per heavy atom. The maximum Gasteiger partial charge on any atom is 0.251 e. The average molecular weight is 479 g/mol. The van der Waals surface area contributed by atoms with E-state index in [0.717, 1.165) is 25.0 Å². The first-order valence-electron chi connectivity index (χ1n) is 11.2. The van der Waals surface area contributed by atoms with Crippen LogP contribution in [0.3, 0.4) is 0 Å². The number of nitrogens with one attached hydrogen (secondary N) is 3. The number of carbonyl (C=O) groups is 1. The van der Waals surface area contributed by atoms with Gasteiger partial charge in [-0.15, -0.1) is 0 Å². The third kappa shape index (κ3) is 4.78. The SMILES string of the molecule is COc1ccc(C(=O)NC2CCOCC2)cc1-c1[nH]nc2nc(Nc3ccc(F)cc3F)ccc12. The van der Waals surface area contributed by atoms with Crippen molar-refractivity contribution in [3.05, 3.63) is 65.7 Å². The van der Waals surface area contributed by atoms with Gasteiger partial charge in [-0.3, -0.25) is 9.89 Å². The highest BCUT2D eigenvalue weighted by atomic mass is 19.1. The molecule has 8 nitrogen and oxygen atoms in total. The Hall–Kier alpha value is -4.05. The second-order valence-electron chi connectivity index (χ2n) is 8.19. The summed E-state index contributed by atoms with van der Waals surface area (Å²) in [5.74, 6) is -0.650. The van der Waals surface area contributed by atoms with E-state index in [2.05, 4.69) is 25.8 Å². The van der Waals surface area contributed by atoms with E-state index in [9.17, 15) is 13.6 Å². The van der Waals surface area contributed by atoms with Crippen LogP contribution in [0.15, 0.2) is 48.5 Å². The summed E-state index contributed by atoms with van der Waals surface area (Å²) in [6.07, 6.45) is 1.56. The van der Waals surface area contributed by atoms with Crippen LogP contribution >= 0.6 is 0 Å². The summed E-state index contributed by atoms with van der Waals surface area (Å²) in [5, 5.41) is 13.8. The van der Waals surface area contributed by atoms with Crippen LogP contribution < -0.4 is 15.4 Å². The zero-order valence-electron chi connectivity index (χ0n) is 18.9. The molecule has 0 unspecified atom stereocenters. The number of ether oxygens (including phenoxy) is 2. The number of H-pyrrole nitrogens is 1. The molecule has 35 heavy (non-hydrogen) atoms. The number of pyridine rings is 1. The van der Waals surface area contributed by atoms with Gasteiger partial charge in [0, 0.05) is 41.8 Å². The molecule has 0 bridgehead atoms. The van der Waals surface area contributed by atoms with E-state index in [-0.39, 0.29) is 17.6 Å². The van der Waals surface area contributed by atoms with Crippen molar-refractivity contribution in [2.24, 2.45) is 0 Å². The number of nitrogens with zero attached hydrogens (tertiary/aromatic N) is 2. The number of aromatic amines is 1. The molecule has 180 valence electrons. The van der Waals surface area contributed by atoms with Crippen molar-refractivity contribution < 1.29 is 23.0 Å². The fraction of sp³-hybridized carbons (Fsp3) is 0.240. The Bertz CT molecular complexity index is 1390. The summed E-state index contributed by atoms with van der Waals surface area (Å²) in [6, 6.07) is 12.0. The molecule has 0 aliphatic carbocycles. The third-order valence-electron chi connectivity index (χ3n) is 5.90. The van der Waals surface area contributed by atoms with Crippen LogP contribution in [0.25, 0.3) is 22.3 Å². The van der Waals surface area contributed by atoms with Crippen LogP contribution in [0.4, 0.5) is 20.3 Å². The number of methoxy groups -OCH3 is 1. The summed E-state index contributed by atoms with van der Waals surface area (Å²) in [5.41, 5.74) is 2.25. The number of benzene rings is 2. The van der Waals surface area contributed by atoms with Gasteiger partial charge in [-0.05, 0) is 55.3 Å². The number of halogens is 2. The molecule has 5 rings (SSSR count). The van der Waals surface area contributed by atoms with Crippen molar-refractivity contribution in [2.75, 3.05) is 25.6 Å². The van der Waals surface area contributed by atoms with Crippen molar-refractivity contribution in [1.29, 1.82) is 0 Å². The molecule has 2 aromatic carbocycles. The minimum Gasteiger partial charge on any atom is -0.496 e. The number of fused-ring (bicyclic) bond motifs is 1. The van der Waals surface area contributed by atoms with E-state index in [4.69, 9.17) is 9.47 Å². The Labute approximate surface area is 199 Å². The van der Waals surface area contributed by atoms with Gasteiger partial charge in [0.1, 0.15) is 23.2 Å². The molecule has 0 radical (unpaired) electrons. The summed E-state index contributed by atoms with van der Waals surface area (Å²) in [6.45, 7) is 1.27. The molecule has 0 saturated carbocycles. The fourth-order valence-electron chi connectivity index (χ4n) is 4.06. The van der Waals surface area contributed by atoms with Crippen LogP contribution in [0.2, 0.25) is 0 Å². The Balaban J connectivity index is 1.44. The van der Waals surface area contributed by atoms with Crippen LogP contribution in [0.5, 0.6) is 5.75 Å². The summed E-state index contributed by atoms with van der Waals surface area (Å²) >= 11 is 0. The predicted molar refractivity (Wildman–Crippen MR) is 127 cm³/mol. The van der Waals surface area contributed by atoms with Crippen molar-refractivity contribution in [2.45, 2.75) is 18.9 Å². The first-order chi connectivity index (χ1) is 17.0. The molecule has 3 N–H and O–H groups in total. The van der Waals surface area contributed by atoms with E-state index in [1.54, 1.807) is 37.4 Å². The van der Waals surface area contributed by atoms with Crippen molar-refractivity contribution in [1.82, 2.24) is 20.5 Å². The van der Waals surface area contributed by atoms with Crippen LogP contribution in [-0.4, -0.2) is 47.5 Å². The number of hydrogen-bond donors (Lipinski definition) is 3. The van der Waals surface area contributed by atoms with Gasteiger partial charge in [-0.25, -0.2) is 13.8 Å². The molecule has 4 aromatic rings. The zero-order valence-corrected chi connectivity index (χ0v) is 18.9. The average Bonchev–Trinajstić information content (AvgIpc) is 3.29. The van der Waals surface area contributed by atoms with Gasteiger partial charge in [-0.2, -0.15) is 5.10 Å². The van der Waals surface area contributed by atoms with Crippen LogP contribution in [-0.2, 0) is 4.74 Å².